The van der Waals surface area contributed by atoms with Gasteiger partial charge in [-0.2, -0.15) is 5.10 Å². The van der Waals surface area contributed by atoms with Gasteiger partial charge in [-0.05, 0) is 58.1 Å². The molecular weight excluding hydrogens is 426 g/mol. The maximum absolute atomic E-state index is 15.1. The van der Waals surface area contributed by atoms with Crippen LogP contribution in [0.25, 0.3) is 22.4 Å². The van der Waals surface area contributed by atoms with Crippen molar-refractivity contribution in [2.75, 3.05) is 11.9 Å². The van der Waals surface area contributed by atoms with Gasteiger partial charge in [0.15, 0.2) is 11.6 Å². The Morgan fingerprint density at radius 1 is 1.03 bits per heavy atom. The highest BCUT2D eigenvalue weighted by molar-refractivity contribution is 5.74. The van der Waals surface area contributed by atoms with Crippen molar-refractivity contribution in [1.29, 1.82) is 0 Å². The van der Waals surface area contributed by atoms with Crippen molar-refractivity contribution in [2.24, 2.45) is 0 Å². The lowest BCUT2D eigenvalue weighted by atomic mass is 9.69. The highest BCUT2D eigenvalue weighted by atomic mass is 19.1. The quantitative estimate of drug-likeness (QED) is 0.541. The molecule has 2 saturated heterocycles. The zero-order chi connectivity index (χ0) is 23.4. The van der Waals surface area contributed by atoms with E-state index in [2.05, 4.69) is 39.6 Å². The largest absolute Gasteiger partial charge is 0.507 e. The summed E-state index contributed by atoms with van der Waals surface area (Å²) in [6, 6.07) is 3.82. The van der Waals surface area contributed by atoms with Crippen LogP contribution in [0.5, 0.6) is 5.75 Å². The van der Waals surface area contributed by atoms with Crippen molar-refractivity contribution in [3.8, 4) is 28.1 Å². The molecule has 5 rings (SSSR count). The zero-order valence-corrected chi connectivity index (χ0v) is 19.0. The molecule has 1 aromatic carbocycles. The fraction of sp³-hybridized carbons (Fsp3) is 0.458. The minimum Gasteiger partial charge on any atom is -0.507 e. The molecule has 3 aromatic rings. The lowest BCUT2D eigenvalue weighted by Crippen LogP contribution is -2.66. The van der Waals surface area contributed by atoms with Crippen LogP contribution in [0.4, 0.5) is 14.6 Å². The third kappa shape index (κ3) is 3.94. The topological polar surface area (TPSA) is 90.0 Å². The first-order chi connectivity index (χ1) is 15.7. The van der Waals surface area contributed by atoms with Crippen molar-refractivity contribution in [3.05, 3.63) is 42.2 Å². The van der Waals surface area contributed by atoms with Crippen molar-refractivity contribution in [3.63, 3.8) is 0 Å². The molecule has 3 N–H and O–H groups in total. The molecule has 2 aliphatic heterocycles. The third-order valence-electron chi connectivity index (χ3n) is 7.23. The molecule has 174 valence electrons. The van der Waals surface area contributed by atoms with Gasteiger partial charge in [-0.3, -0.25) is 5.10 Å². The number of anilines is 1. The van der Waals surface area contributed by atoms with Crippen LogP contribution in [0.15, 0.2) is 30.6 Å². The highest BCUT2D eigenvalue weighted by Crippen LogP contribution is 2.42. The number of piperidine rings is 2. The maximum Gasteiger partial charge on any atom is 0.155 e. The first-order valence-electron chi connectivity index (χ1n) is 11.2. The maximum atomic E-state index is 15.1. The van der Waals surface area contributed by atoms with Crippen LogP contribution >= 0.6 is 0 Å². The van der Waals surface area contributed by atoms with Gasteiger partial charge in [-0.1, -0.05) is 0 Å². The van der Waals surface area contributed by atoms with E-state index in [4.69, 9.17) is 0 Å². The number of fused-ring (bicyclic) bond motifs is 2. The molecule has 0 unspecified atom stereocenters. The van der Waals surface area contributed by atoms with Crippen molar-refractivity contribution in [2.45, 2.75) is 63.1 Å². The van der Waals surface area contributed by atoms with E-state index in [9.17, 15) is 9.50 Å². The van der Waals surface area contributed by atoms with Crippen molar-refractivity contribution >= 4 is 5.82 Å². The summed E-state index contributed by atoms with van der Waals surface area (Å²) in [4.78, 5) is 1.99. The van der Waals surface area contributed by atoms with Crippen LogP contribution in [-0.2, 0) is 0 Å². The van der Waals surface area contributed by atoms with Crippen molar-refractivity contribution in [1.82, 2.24) is 25.7 Å². The zero-order valence-electron chi connectivity index (χ0n) is 19.0. The number of hydrogen-bond donors (Lipinski definition) is 3. The summed E-state index contributed by atoms with van der Waals surface area (Å²) in [6.07, 6.45) is 8.27. The number of aromatic amines is 1. The smallest absolute Gasteiger partial charge is 0.155 e. The molecule has 2 fully saturated rings. The Labute approximate surface area is 191 Å². The molecule has 0 amide bonds. The predicted molar refractivity (Wildman–Crippen MR) is 122 cm³/mol. The number of nitrogens with zero attached hydrogens (tertiary/aromatic N) is 4. The second-order valence-corrected chi connectivity index (χ2v) is 10.0. The number of phenols is 1. The first-order valence-corrected chi connectivity index (χ1v) is 11.2. The number of halogens is 2. The van der Waals surface area contributed by atoms with Gasteiger partial charge in [0.2, 0.25) is 0 Å². The number of benzene rings is 1. The van der Waals surface area contributed by atoms with E-state index in [-0.39, 0.29) is 39.7 Å². The first kappa shape index (κ1) is 21.8. The van der Waals surface area contributed by atoms with Gasteiger partial charge in [0.25, 0.3) is 0 Å². The number of nitrogens with one attached hydrogen (secondary N) is 2. The van der Waals surface area contributed by atoms with E-state index < -0.39 is 11.6 Å². The summed E-state index contributed by atoms with van der Waals surface area (Å²) in [7, 11) is 1.92. The molecule has 33 heavy (non-hydrogen) atoms. The lowest BCUT2D eigenvalue weighted by molar-refractivity contribution is 0.0784. The van der Waals surface area contributed by atoms with E-state index in [1.54, 1.807) is 0 Å². The molecule has 0 spiro atoms. The predicted octanol–water partition coefficient (Wildman–Crippen LogP) is 4.41. The number of aromatic hydroxyl groups is 1. The number of aromatic nitrogens is 4. The average Bonchev–Trinajstić information content (AvgIpc) is 3.28. The van der Waals surface area contributed by atoms with E-state index in [0.29, 0.717) is 11.4 Å². The van der Waals surface area contributed by atoms with Crippen LogP contribution in [-0.4, -0.2) is 49.7 Å². The summed E-state index contributed by atoms with van der Waals surface area (Å²) in [6.45, 7) is 4.51. The summed E-state index contributed by atoms with van der Waals surface area (Å²) in [5.74, 6) is -1.14. The molecule has 0 radical (unpaired) electrons. The standard InChI is InChI=1S/C24H28F2N6O/c1-23-5-4-6-24(2,31-23)11-15(10-23)32(3)21-9-19(26)22(30-29-21)17-7-18(25)16(8-20(17)33)14-12-27-28-13-14/h7-9,12-13,15,31,33H,4-6,10-11H2,1-3H3,(H,27,28)/t15-,23-,24+. The Kier molecular flexibility index (Phi) is 5.12. The molecular formula is C24H28F2N6O. The molecule has 2 aromatic heterocycles. The number of phenolic OH excluding ortho intramolecular Hbond substituents is 1. The highest BCUT2D eigenvalue weighted by Gasteiger charge is 2.46. The molecule has 2 bridgehead atoms. The van der Waals surface area contributed by atoms with Crippen molar-refractivity contribution < 1.29 is 13.9 Å². The van der Waals surface area contributed by atoms with Crippen LogP contribution < -0.4 is 10.2 Å². The average molecular weight is 455 g/mol. The summed E-state index contributed by atoms with van der Waals surface area (Å²) in [5.41, 5.74) is 0.505. The monoisotopic (exact) mass is 454 g/mol. The van der Waals surface area contributed by atoms with E-state index in [0.717, 1.165) is 31.7 Å². The normalized spacial score (nSPS) is 26.9. The Balaban J connectivity index is 1.43. The molecule has 0 saturated carbocycles. The number of rotatable bonds is 4. The second kappa shape index (κ2) is 7.76. The van der Waals surface area contributed by atoms with Gasteiger partial charge in [-0.25, -0.2) is 8.78 Å². The lowest BCUT2D eigenvalue weighted by Gasteiger charge is -2.55. The van der Waals surface area contributed by atoms with Gasteiger partial charge in [0.05, 0.1) is 6.20 Å². The van der Waals surface area contributed by atoms with E-state index in [1.165, 1.54) is 30.9 Å². The fourth-order valence-corrected chi connectivity index (χ4v) is 5.69. The minimum atomic E-state index is -0.663. The molecule has 2 aliphatic rings. The summed E-state index contributed by atoms with van der Waals surface area (Å²) in [5, 5.41) is 29.0. The molecule has 4 heterocycles. The Bertz CT molecular complexity index is 1170. The van der Waals surface area contributed by atoms with Gasteiger partial charge < -0.3 is 15.3 Å². The van der Waals surface area contributed by atoms with E-state index in [1.807, 2.05) is 11.9 Å². The van der Waals surface area contributed by atoms with Gasteiger partial charge in [-0.15, -0.1) is 10.2 Å². The molecule has 9 heteroatoms. The second-order valence-electron chi connectivity index (χ2n) is 10.0. The number of hydrogen-bond acceptors (Lipinski definition) is 6. The fourth-order valence-electron chi connectivity index (χ4n) is 5.69. The van der Waals surface area contributed by atoms with Gasteiger partial charge in [0.1, 0.15) is 17.3 Å². The minimum absolute atomic E-state index is 0.0460. The SMILES string of the molecule is CN(c1cc(F)c(-c2cc(F)c(-c3cn[nH]c3)cc2O)nn1)[C@H]1C[C@]2(C)CCC[C@](C)(C1)N2. The van der Waals surface area contributed by atoms with Crippen LogP contribution in [0, 0.1) is 11.6 Å². The van der Waals surface area contributed by atoms with Gasteiger partial charge in [0, 0.05) is 53.1 Å². The Morgan fingerprint density at radius 3 is 2.39 bits per heavy atom. The molecule has 0 aliphatic carbocycles. The summed E-state index contributed by atoms with van der Waals surface area (Å²) < 4.78 is 29.8. The molecule has 7 nitrogen and oxygen atoms in total. The summed E-state index contributed by atoms with van der Waals surface area (Å²) >= 11 is 0. The van der Waals surface area contributed by atoms with Crippen LogP contribution in [0.2, 0.25) is 0 Å². The Morgan fingerprint density at radius 2 is 1.76 bits per heavy atom. The van der Waals surface area contributed by atoms with Crippen LogP contribution in [0.1, 0.15) is 46.0 Å². The third-order valence-corrected chi connectivity index (χ3v) is 7.23. The number of H-pyrrole nitrogens is 1. The Hall–Kier alpha value is -3.07. The van der Waals surface area contributed by atoms with E-state index >= 15 is 4.39 Å². The van der Waals surface area contributed by atoms with Crippen LogP contribution in [0.3, 0.4) is 0 Å². The molecule has 3 atom stereocenters. The van der Waals surface area contributed by atoms with Gasteiger partial charge >= 0.3 is 0 Å².